The average molecular weight is 467 g/mol. The summed E-state index contributed by atoms with van der Waals surface area (Å²) < 4.78 is 56.7. The van der Waals surface area contributed by atoms with E-state index >= 15 is 0 Å². The van der Waals surface area contributed by atoms with Crippen LogP contribution in [0.5, 0.6) is 17.2 Å². The van der Waals surface area contributed by atoms with Crippen molar-refractivity contribution in [2.24, 2.45) is 0 Å². The fourth-order valence-electron chi connectivity index (χ4n) is 2.95. The van der Waals surface area contributed by atoms with Crippen molar-refractivity contribution in [2.75, 3.05) is 27.9 Å². The lowest BCUT2D eigenvalue weighted by molar-refractivity contribution is 0.355. The molecule has 10 heteroatoms. The molecule has 0 aliphatic rings. The SMILES string of the molecule is COc1ccc(S(=O)(=O)NCCc2sc(-c3ccc(OC)c(OC)c3)nc2C)cc1F. The van der Waals surface area contributed by atoms with Crippen molar-refractivity contribution < 1.29 is 27.0 Å². The van der Waals surface area contributed by atoms with Crippen molar-refractivity contribution in [3.05, 3.63) is 52.8 Å². The van der Waals surface area contributed by atoms with Crippen LogP contribution in [0.15, 0.2) is 41.3 Å². The van der Waals surface area contributed by atoms with Crippen LogP contribution >= 0.6 is 11.3 Å². The molecule has 3 aromatic rings. The Morgan fingerprint density at radius 3 is 2.32 bits per heavy atom. The number of sulfonamides is 1. The molecule has 0 amide bonds. The zero-order valence-electron chi connectivity index (χ0n) is 17.6. The second-order valence-corrected chi connectivity index (χ2v) is 9.39. The molecule has 0 aliphatic carbocycles. The van der Waals surface area contributed by atoms with Gasteiger partial charge in [0.2, 0.25) is 10.0 Å². The smallest absolute Gasteiger partial charge is 0.240 e. The molecule has 0 saturated carbocycles. The summed E-state index contributed by atoms with van der Waals surface area (Å²) in [4.78, 5) is 5.39. The van der Waals surface area contributed by atoms with E-state index in [1.807, 2.05) is 25.1 Å². The van der Waals surface area contributed by atoms with Gasteiger partial charge in [0.25, 0.3) is 0 Å². The quantitative estimate of drug-likeness (QED) is 0.516. The number of nitrogens with zero attached hydrogens (tertiary/aromatic N) is 1. The Morgan fingerprint density at radius 1 is 1.00 bits per heavy atom. The summed E-state index contributed by atoms with van der Waals surface area (Å²) in [6.07, 6.45) is 0.453. The highest BCUT2D eigenvalue weighted by atomic mass is 32.2. The maximum atomic E-state index is 13.8. The number of benzene rings is 2. The van der Waals surface area contributed by atoms with Crippen molar-refractivity contribution in [1.29, 1.82) is 0 Å². The number of aromatic nitrogens is 1. The van der Waals surface area contributed by atoms with Crippen LogP contribution in [-0.2, 0) is 16.4 Å². The number of thiazole rings is 1. The number of methoxy groups -OCH3 is 3. The number of hydrogen-bond acceptors (Lipinski definition) is 7. The Balaban J connectivity index is 1.71. The molecule has 0 atom stereocenters. The highest BCUT2D eigenvalue weighted by Gasteiger charge is 2.17. The van der Waals surface area contributed by atoms with Gasteiger partial charge in [-0.2, -0.15) is 0 Å². The van der Waals surface area contributed by atoms with Crippen molar-refractivity contribution >= 4 is 21.4 Å². The van der Waals surface area contributed by atoms with Crippen LogP contribution < -0.4 is 18.9 Å². The van der Waals surface area contributed by atoms with E-state index in [0.29, 0.717) is 17.9 Å². The molecule has 0 unspecified atom stereocenters. The van der Waals surface area contributed by atoms with Gasteiger partial charge in [0.05, 0.1) is 31.9 Å². The number of nitrogens with one attached hydrogen (secondary N) is 1. The molecule has 3 rings (SSSR count). The van der Waals surface area contributed by atoms with Crippen LogP contribution in [0.3, 0.4) is 0 Å². The van der Waals surface area contributed by atoms with Crippen LogP contribution in [-0.4, -0.2) is 41.3 Å². The predicted molar refractivity (Wildman–Crippen MR) is 117 cm³/mol. The van der Waals surface area contributed by atoms with Crippen molar-refractivity contribution in [3.8, 4) is 27.8 Å². The van der Waals surface area contributed by atoms with Crippen molar-refractivity contribution in [2.45, 2.75) is 18.2 Å². The zero-order valence-corrected chi connectivity index (χ0v) is 19.2. The lowest BCUT2D eigenvalue weighted by atomic mass is 10.2. The lowest BCUT2D eigenvalue weighted by Gasteiger charge is -2.08. The number of rotatable bonds is 9. The molecular weight excluding hydrogens is 443 g/mol. The van der Waals surface area contributed by atoms with E-state index < -0.39 is 15.8 Å². The van der Waals surface area contributed by atoms with Gasteiger partial charge in [0.1, 0.15) is 5.01 Å². The minimum Gasteiger partial charge on any atom is -0.494 e. The molecule has 31 heavy (non-hydrogen) atoms. The van der Waals surface area contributed by atoms with Gasteiger partial charge in [-0.05, 0) is 49.7 Å². The van der Waals surface area contributed by atoms with Crippen LogP contribution in [0.2, 0.25) is 0 Å². The number of aryl methyl sites for hydroxylation is 1. The van der Waals surface area contributed by atoms with Crippen molar-refractivity contribution in [1.82, 2.24) is 9.71 Å². The first-order valence-corrected chi connectivity index (χ1v) is 11.6. The molecule has 0 bridgehead atoms. The molecule has 166 valence electrons. The van der Waals surface area contributed by atoms with E-state index in [0.717, 1.165) is 27.2 Å². The maximum absolute atomic E-state index is 13.8. The number of halogens is 1. The Hall–Kier alpha value is -2.69. The Labute approximate surface area is 184 Å². The van der Waals surface area contributed by atoms with Gasteiger partial charge in [-0.3, -0.25) is 0 Å². The normalized spacial score (nSPS) is 11.4. The van der Waals surface area contributed by atoms with Crippen LogP contribution in [0.4, 0.5) is 4.39 Å². The summed E-state index contributed by atoms with van der Waals surface area (Å²) in [7, 11) is 0.618. The van der Waals surface area contributed by atoms with E-state index in [1.54, 1.807) is 14.2 Å². The fraction of sp³-hybridized carbons (Fsp3) is 0.286. The molecule has 0 radical (unpaired) electrons. The molecule has 0 spiro atoms. The predicted octanol–water partition coefficient (Wildman–Crippen LogP) is 3.80. The molecule has 0 fully saturated rings. The third-order valence-electron chi connectivity index (χ3n) is 4.60. The summed E-state index contributed by atoms with van der Waals surface area (Å²) in [5, 5.41) is 0.800. The second kappa shape index (κ2) is 9.63. The van der Waals surface area contributed by atoms with E-state index in [2.05, 4.69) is 9.71 Å². The molecule has 1 N–H and O–H groups in total. The summed E-state index contributed by atoms with van der Waals surface area (Å²) in [5.74, 6) is 0.489. The summed E-state index contributed by atoms with van der Waals surface area (Å²) >= 11 is 1.48. The zero-order chi connectivity index (χ0) is 22.6. The summed E-state index contributed by atoms with van der Waals surface area (Å²) in [6, 6.07) is 9.08. The van der Waals surface area contributed by atoms with Gasteiger partial charge in [-0.1, -0.05) is 0 Å². The minimum absolute atomic E-state index is 0.0121. The van der Waals surface area contributed by atoms with E-state index in [9.17, 15) is 12.8 Å². The third kappa shape index (κ3) is 5.15. The first-order chi connectivity index (χ1) is 14.8. The highest BCUT2D eigenvalue weighted by molar-refractivity contribution is 7.89. The van der Waals surface area contributed by atoms with Crippen LogP contribution in [0, 0.1) is 12.7 Å². The topological polar surface area (TPSA) is 86.8 Å². The first kappa shape index (κ1) is 23.0. The van der Waals surface area contributed by atoms with Gasteiger partial charge in [0, 0.05) is 17.0 Å². The van der Waals surface area contributed by atoms with Gasteiger partial charge in [-0.15, -0.1) is 11.3 Å². The molecule has 0 saturated heterocycles. The molecule has 1 heterocycles. The average Bonchev–Trinajstić information content (AvgIpc) is 3.13. The van der Waals surface area contributed by atoms with Gasteiger partial charge in [0.15, 0.2) is 23.1 Å². The minimum atomic E-state index is -3.84. The van der Waals surface area contributed by atoms with Crippen molar-refractivity contribution in [3.63, 3.8) is 0 Å². The molecule has 1 aromatic heterocycles. The van der Waals surface area contributed by atoms with Crippen LogP contribution in [0.25, 0.3) is 10.6 Å². The largest absolute Gasteiger partial charge is 0.494 e. The lowest BCUT2D eigenvalue weighted by Crippen LogP contribution is -2.26. The molecular formula is C21H23FN2O5S2. The Bertz CT molecular complexity index is 1180. The monoisotopic (exact) mass is 466 g/mol. The van der Waals surface area contributed by atoms with Gasteiger partial charge in [-0.25, -0.2) is 22.5 Å². The second-order valence-electron chi connectivity index (χ2n) is 6.54. The van der Waals surface area contributed by atoms with E-state index in [4.69, 9.17) is 14.2 Å². The third-order valence-corrected chi connectivity index (χ3v) is 7.33. The fourth-order valence-corrected chi connectivity index (χ4v) is 5.05. The van der Waals surface area contributed by atoms with Gasteiger partial charge >= 0.3 is 0 Å². The molecule has 7 nitrogen and oxygen atoms in total. The molecule has 2 aromatic carbocycles. The Kier molecular flexibility index (Phi) is 7.14. The summed E-state index contributed by atoms with van der Waals surface area (Å²) in [6.45, 7) is 2.04. The first-order valence-electron chi connectivity index (χ1n) is 9.31. The number of hydrogen-bond donors (Lipinski definition) is 1. The van der Waals surface area contributed by atoms with E-state index in [-0.39, 0.29) is 17.2 Å². The highest BCUT2D eigenvalue weighted by Crippen LogP contribution is 2.35. The molecule has 0 aliphatic heterocycles. The van der Waals surface area contributed by atoms with Gasteiger partial charge < -0.3 is 14.2 Å². The standard InChI is InChI=1S/C21H23FN2O5S2/c1-13-20(30-21(24-13)14-5-7-18(28-3)19(11-14)29-4)9-10-23-31(25,26)15-6-8-17(27-2)16(22)12-15/h5-8,11-12,23H,9-10H2,1-4H3. The van der Waals surface area contributed by atoms with E-state index in [1.165, 1.54) is 30.6 Å². The maximum Gasteiger partial charge on any atom is 0.240 e. The Morgan fingerprint density at radius 2 is 1.68 bits per heavy atom. The summed E-state index contributed by atoms with van der Waals surface area (Å²) in [5.41, 5.74) is 1.70. The number of ether oxygens (including phenoxy) is 3. The van der Waals surface area contributed by atoms with Crippen LogP contribution in [0.1, 0.15) is 10.6 Å².